The second kappa shape index (κ2) is 5.47. The summed E-state index contributed by atoms with van der Waals surface area (Å²) in [5.74, 6) is -1.15. The van der Waals surface area contributed by atoms with Crippen LogP contribution in [0.3, 0.4) is 0 Å². The van der Waals surface area contributed by atoms with Crippen LogP contribution < -0.4 is 14.7 Å². The number of benzene rings is 2. The fraction of sp³-hybridized carbons (Fsp3) is 0.143. The molecule has 0 fully saturated rings. The van der Waals surface area contributed by atoms with Gasteiger partial charge in [0.05, 0.1) is 10.7 Å². The van der Waals surface area contributed by atoms with Crippen LogP contribution in [0.25, 0.3) is 0 Å². The molecule has 9 heteroatoms. The number of fused-ring (bicyclic) bond motifs is 1. The Morgan fingerprint density at radius 2 is 1.91 bits per heavy atom. The van der Waals surface area contributed by atoms with E-state index in [1.807, 2.05) is 0 Å². The number of ether oxygens (including phenoxy) is 1. The number of hydrogen-bond acceptors (Lipinski definition) is 4. The highest BCUT2D eigenvalue weighted by Gasteiger charge is 2.36. The van der Waals surface area contributed by atoms with Crippen molar-refractivity contribution < 1.29 is 27.5 Å². The largest absolute Gasteiger partial charge is 0.573 e. The smallest absolute Gasteiger partial charge is 0.403 e. The van der Waals surface area contributed by atoms with E-state index in [4.69, 9.17) is 11.6 Å². The summed E-state index contributed by atoms with van der Waals surface area (Å²) in [6.07, 6.45) is -4.89. The van der Waals surface area contributed by atoms with E-state index in [-0.39, 0.29) is 23.1 Å². The zero-order valence-electron chi connectivity index (χ0n) is 11.3. The summed E-state index contributed by atoms with van der Waals surface area (Å²) < 4.78 is 54.6. The van der Waals surface area contributed by atoms with Crippen molar-refractivity contribution >= 4 is 28.7 Å². The van der Waals surface area contributed by atoms with Crippen molar-refractivity contribution in [1.82, 2.24) is 0 Å². The summed E-state index contributed by atoms with van der Waals surface area (Å²) in [5, 5.41) is 10.4. The van der Waals surface area contributed by atoms with Crippen LogP contribution in [0, 0.1) is 5.82 Å². The number of hydroxylamine groups is 1. The quantitative estimate of drug-likeness (QED) is 0.799. The minimum Gasteiger partial charge on any atom is -0.403 e. The average Bonchev–Trinajstić information content (AvgIpc) is 2.79. The minimum atomic E-state index is -4.89. The summed E-state index contributed by atoms with van der Waals surface area (Å²) in [5.41, 5.74) is 0.556. The lowest BCUT2D eigenvalue weighted by atomic mass is 10.2. The molecule has 23 heavy (non-hydrogen) atoms. The molecular weight excluding hydrogens is 340 g/mol. The number of anilines is 3. The Bertz CT molecular complexity index is 754. The zero-order chi connectivity index (χ0) is 16.8. The second-order valence-electron chi connectivity index (χ2n) is 4.74. The van der Waals surface area contributed by atoms with Crippen molar-refractivity contribution in [2.24, 2.45) is 0 Å². The van der Waals surface area contributed by atoms with Crippen LogP contribution in [0.5, 0.6) is 5.75 Å². The third-order valence-corrected chi connectivity index (χ3v) is 3.53. The summed E-state index contributed by atoms with van der Waals surface area (Å²) in [4.78, 5) is 1.48. The van der Waals surface area contributed by atoms with Gasteiger partial charge in [0.25, 0.3) is 0 Å². The van der Waals surface area contributed by atoms with E-state index in [0.29, 0.717) is 10.8 Å². The predicted molar refractivity (Wildman–Crippen MR) is 75.8 cm³/mol. The summed E-state index contributed by atoms with van der Waals surface area (Å²) in [6, 6.07) is 7.81. The van der Waals surface area contributed by atoms with Crippen LogP contribution >= 0.6 is 11.6 Å². The molecule has 0 bridgehead atoms. The lowest BCUT2D eigenvalue weighted by Gasteiger charge is -2.19. The van der Waals surface area contributed by atoms with Gasteiger partial charge in [0, 0.05) is 5.69 Å². The first-order valence-electron chi connectivity index (χ1n) is 6.34. The van der Waals surface area contributed by atoms with Gasteiger partial charge < -0.3 is 9.64 Å². The van der Waals surface area contributed by atoms with E-state index in [1.54, 1.807) is 0 Å². The molecular formula is C14H9ClF4N2O2. The zero-order valence-corrected chi connectivity index (χ0v) is 12.1. The van der Waals surface area contributed by atoms with Crippen LogP contribution in [0.4, 0.5) is 34.6 Å². The van der Waals surface area contributed by atoms with Gasteiger partial charge in [-0.25, -0.2) is 9.45 Å². The normalized spacial score (nSPS) is 14.2. The number of para-hydroxylation sites is 1. The van der Waals surface area contributed by atoms with Gasteiger partial charge >= 0.3 is 6.36 Å². The standard InChI is InChI=1S/C14H9ClF4N2O2/c15-9-6-8(4-5-10(9)16)20-7-21(22)13-11(20)2-1-3-12(13)23-14(17,18)19/h1-6,22H,7H2. The van der Waals surface area contributed by atoms with Crippen LogP contribution in [-0.2, 0) is 0 Å². The molecule has 3 rings (SSSR count). The number of rotatable bonds is 2. The van der Waals surface area contributed by atoms with E-state index < -0.39 is 17.9 Å². The van der Waals surface area contributed by atoms with Gasteiger partial charge in [0.15, 0.2) is 5.75 Å². The molecule has 1 N–H and O–H groups in total. The highest BCUT2D eigenvalue weighted by atomic mass is 35.5. The number of halogens is 5. The molecule has 0 atom stereocenters. The SMILES string of the molecule is ON1CN(c2ccc(F)c(Cl)c2)c2cccc(OC(F)(F)F)c21. The van der Waals surface area contributed by atoms with Crippen molar-refractivity contribution in [3.8, 4) is 5.75 Å². The highest BCUT2D eigenvalue weighted by Crippen LogP contribution is 2.46. The molecule has 0 radical (unpaired) electrons. The van der Waals surface area contributed by atoms with Crippen LogP contribution in [0.2, 0.25) is 5.02 Å². The summed E-state index contributed by atoms with van der Waals surface area (Å²) in [7, 11) is 0. The van der Waals surface area contributed by atoms with Gasteiger partial charge in [0.1, 0.15) is 18.2 Å². The molecule has 0 saturated carbocycles. The lowest BCUT2D eigenvalue weighted by Crippen LogP contribution is -2.25. The molecule has 0 saturated heterocycles. The first-order chi connectivity index (χ1) is 10.8. The van der Waals surface area contributed by atoms with Gasteiger partial charge in [-0.1, -0.05) is 17.7 Å². The van der Waals surface area contributed by atoms with Crippen molar-refractivity contribution in [2.45, 2.75) is 6.36 Å². The fourth-order valence-electron chi connectivity index (χ4n) is 2.35. The lowest BCUT2D eigenvalue weighted by molar-refractivity contribution is -0.274. The molecule has 2 aromatic rings. The van der Waals surface area contributed by atoms with Crippen molar-refractivity contribution in [1.29, 1.82) is 0 Å². The Morgan fingerprint density at radius 3 is 2.57 bits per heavy atom. The second-order valence-corrected chi connectivity index (χ2v) is 5.15. The maximum Gasteiger partial charge on any atom is 0.573 e. The van der Waals surface area contributed by atoms with E-state index in [9.17, 15) is 22.8 Å². The number of alkyl halides is 3. The number of nitrogens with zero attached hydrogens (tertiary/aromatic N) is 2. The molecule has 0 aliphatic carbocycles. The van der Waals surface area contributed by atoms with E-state index >= 15 is 0 Å². The van der Waals surface area contributed by atoms with E-state index in [1.165, 1.54) is 29.2 Å². The molecule has 1 aliphatic rings. The van der Waals surface area contributed by atoms with Crippen molar-refractivity contribution in [2.75, 3.05) is 16.6 Å². The summed E-state index contributed by atoms with van der Waals surface area (Å²) >= 11 is 5.72. The van der Waals surface area contributed by atoms with Gasteiger partial charge in [-0.15, -0.1) is 13.2 Å². The predicted octanol–water partition coefficient (Wildman–Crippen LogP) is 4.68. The average molecular weight is 349 g/mol. The fourth-order valence-corrected chi connectivity index (χ4v) is 2.52. The third-order valence-electron chi connectivity index (χ3n) is 3.24. The molecule has 0 amide bonds. The molecule has 2 aromatic carbocycles. The van der Waals surface area contributed by atoms with Crippen LogP contribution in [0.15, 0.2) is 36.4 Å². The van der Waals surface area contributed by atoms with Gasteiger partial charge in [-0.3, -0.25) is 5.21 Å². The first-order valence-corrected chi connectivity index (χ1v) is 6.72. The van der Waals surface area contributed by atoms with Crippen molar-refractivity contribution in [3.63, 3.8) is 0 Å². The molecule has 1 aliphatic heterocycles. The van der Waals surface area contributed by atoms with Gasteiger partial charge in [0.2, 0.25) is 0 Å². The topological polar surface area (TPSA) is 35.9 Å². The third kappa shape index (κ3) is 2.99. The maximum absolute atomic E-state index is 13.3. The summed E-state index contributed by atoms with van der Waals surface area (Å²) in [6.45, 7) is -0.157. The van der Waals surface area contributed by atoms with Crippen molar-refractivity contribution in [3.05, 3.63) is 47.2 Å². The van der Waals surface area contributed by atoms with E-state index in [2.05, 4.69) is 4.74 Å². The molecule has 1 heterocycles. The Morgan fingerprint density at radius 1 is 1.17 bits per heavy atom. The Hall–Kier alpha value is -2.19. The molecule has 4 nitrogen and oxygen atoms in total. The highest BCUT2D eigenvalue weighted by molar-refractivity contribution is 6.31. The Balaban J connectivity index is 2.04. The maximum atomic E-state index is 13.3. The van der Waals surface area contributed by atoms with Gasteiger partial charge in [-0.05, 0) is 30.3 Å². The molecule has 0 aromatic heterocycles. The Labute approximate surface area is 133 Å². The van der Waals surface area contributed by atoms with Crippen LogP contribution in [0.1, 0.15) is 0 Å². The monoisotopic (exact) mass is 348 g/mol. The first kappa shape index (κ1) is 15.7. The van der Waals surface area contributed by atoms with E-state index in [0.717, 1.165) is 12.1 Å². The molecule has 122 valence electrons. The van der Waals surface area contributed by atoms with Gasteiger partial charge in [-0.2, -0.15) is 0 Å². The minimum absolute atomic E-state index is 0.134. The Kier molecular flexibility index (Phi) is 3.73. The molecule has 0 unspecified atom stereocenters. The number of hydrogen-bond donors (Lipinski definition) is 1. The molecule has 0 spiro atoms. The van der Waals surface area contributed by atoms with Crippen LogP contribution in [-0.4, -0.2) is 18.2 Å².